The largest absolute Gasteiger partial charge is 0.305 e. The van der Waals surface area contributed by atoms with Gasteiger partial charge in [0.05, 0.1) is 4.92 Å². The summed E-state index contributed by atoms with van der Waals surface area (Å²) in [6.45, 7) is 1.98. The first-order valence-corrected chi connectivity index (χ1v) is 4.89. The van der Waals surface area contributed by atoms with E-state index in [0.29, 0.717) is 6.42 Å². The highest BCUT2D eigenvalue weighted by atomic mass is 16.6. The number of nitrogens with one attached hydrogen (secondary N) is 1. The number of nitrogens with zero attached hydrogens (tertiary/aromatic N) is 3. The molecule has 16 heavy (non-hydrogen) atoms. The van der Waals surface area contributed by atoms with Gasteiger partial charge in [0.15, 0.2) is 0 Å². The topological polar surface area (TPSA) is 98.0 Å². The molecule has 7 heteroatoms. The first-order chi connectivity index (χ1) is 7.63. The molecule has 7 nitrogen and oxygen atoms in total. The molecule has 0 saturated heterocycles. The Bertz CT molecular complexity index is 377. The predicted molar refractivity (Wildman–Crippen MR) is 56.8 cm³/mol. The van der Waals surface area contributed by atoms with Crippen molar-refractivity contribution < 1.29 is 9.72 Å². The van der Waals surface area contributed by atoms with E-state index in [-0.39, 0.29) is 17.5 Å². The van der Waals surface area contributed by atoms with E-state index >= 15 is 0 Å². The quantitative estimate of drug-likeness (QED) is 0.603. The van der Waals surface area contributed by atoms with Crippen molar-refractivity contribution in [2.24, 2.45) is 0 Å². The molecule has 0 spiro atoms. The summed E-state index contributed by atoms with van der Waals surface area (Å²) in [7, 11) is 0. The average molecular weight is 224 g/mol. The van der Waals surface area contributed by atoms with Crippen molar-refractivity contribution in [3.8, 4) is 0 Å². The molecule has 0 aliphatic rings. The Balaban J connectivity index is 2.55. The molecular weight excluding hydrogens is 212 g/mol. The van der Waals surface area contributed by atoms with Gasteiger partial charge in [0.25, 0.3) is 0 Å². The van der Waals surface area contributed by atoms with Gasteiger partial charge in [-0.3, -0.25) is 20.2 Å². The molecule has 0 aromatic carbocycles. The van der Waals surface area contributed by atoms with Crippen LogP contribution in [0.4, 0.5) is 11.6 Å². The highest BCUT2D eigenvalue weighted by Crippen LogP contribution is 2.08. The van der Waals surface area contributed by atoms with Crippen LogP contribution in [-0.4, -0.2) is 20.8 Å². The molecule has 1 aromatic rings. The molecular formula is C9H12N4O3. The van der Waals surface area contributed by atoms with Gasteiger partial charge in [0.1, 0.15) is 12.4 Å². The summed E-state index contributed by atoms with van der Waals surface area (Å²) in [5.41, 5.74) is -0.202. The van der Waals surface area contributed by atoms with E-state index in [1.807, 2.05) is 6.92 Å². The second-order valence-electron chi connectivity index (χ2n) is 3.17. The lowest BCUT2D eigenvalue weighted by Gasteiger charge is -2.01. The molecule has 0 aliphatic carbocycles. The average Bonchev–Trinajstić information content (AvgIpc) is 2.27. The monoisotopic (exact) mass is 224 g/mol. The summed E-state index contributed by atoms with van der Waals surface area (Å²) in [5, 5.41) is 12.8. The fourth-order valence-electron chi connectivity index (χ4n) is 1.00. The minimum atomic E-state index is -0.595. The zero-order chi connectivity index (χ0) is 12.0. The van der Waals surface area contributed by atoms with Gasteiger partial charge in [-0.25, -0.2) is 9.97 Å². The standard InChI is InChI=1S/C9H12N4O3/c1-2-3-4-8(14)12-9-10-5-7(6-11-9)13(15)16/h5-6H,2-4H2,1H3,(H,10,11,12,14). The van der Waals surface area contributed by atoms with Gasteiger partial charge in [0.2, 0.25) is 11.9 Å². The summed E-state index contributed by atoms with van der Waals surface area (Å²) in [5.74, 6) is -0.0950. The molecule has 0 saturated carbocycles. The summed E-state index contributed by atoms with van der Waals surface area (Å²) in [4.78, 5) is 28.3. The third kappa shape index (κ3) is 3.60. The number of hydrogen-bond donors (Lipinski definition) is 1. The second-order valence-corrected chi connectivity index (χ2v) is 3.17. The van der Waals surface area contributed by atoms with Crippen molar-refractivity contribution in [2.75, 3.05) is 5.32 Å². The van der Waals surface area contributed by atoms with Crippen molar-refractivity contribution in [1.29, 1.82) is 0 Å². The summed E-state index contributed by atoms with van der Waals surface area (Å²) < 4.78 is 0. The molecule has 86 valence electrons. The lowest BCUT2D eigenvalue weighted by atomic mass is 10.2. The van der Waals surface area contributed by atoms with Crippen LogP contribution >= 0.6 is 0 Å². The van der Waals surface area contributed by atoms with Crippen molar-refractivity contribution in [3.63, 3.8) is 0 Å². The SMILES string of the molecule is CCCCC(=O)Nc1ncc([N+](=O)[O-])cn1. The minimum Gasteiger partial charge on any atom is -0.295 e. The second kappa shape index (κ2) is 5.74. The van der Waals surface area contributed by atoms with Crippen LogP contribution in [0, 0.1) is 10.1 Å². The third-order valence-corrected chi connectivity index (χ3v) is 1.86. The first kappa shape index (κ1) is 12.0. The molecule has 0 aliphatic heterocycles. The zero-order valence-corrected chi connectivity index (χ0v) is 8.84. The van der Waals surface area contributed by atoms with Crippen LogP contribution in [0.5, 0.6) is 0 Å². The van der Waals surface area contributed by atoms with Crippen molar-refractivity contribution in [2.45, 2.75) is 26.2 Å². The van der Waals surface area contributed by atoms with Gasteiger partial charge in [-0.1, -0.05) is 13.3 Å². The minimum absolute atomic E-state index is 0.0895. The molecule has 0 bridgehead atoms. The molecule has 0 atom stereocenters. The number of nitro groups is 1. The number of anilines is 1. The Labute approximate surface area is 92.1 Å². The van der Waals surface area contributed by atoms with E-state index in [4.69, 9.17) is 0 Å². The number of carbonyl (C=O) groups excluding carboxylic acids is 1. The van der Waals surface area contributed by atoms with Crippen LogP contribution in [0.3, 0.4) is 0 Å². The smallest absolute Gasteiger partial charge is 0.295 e. The fourth-order valence-corrected chi connectivity index (χ4v) is 1.00. The molecule has 1 heterocycles. The van der Waals surface area contributed by atoms with E-state index in [1.54, 1.807) is 0 Å². The number of aromatic nitrogens is 2. The van der Waals surface area contributed by atoms with E-state index in [2.05, 4.69) is 15.3 Å². The van der Waals surface area contributed by atoms with Gasteiger partial charge in [-0.05, 0) is 6.42 Å². The van der Waals surface area contributed by atoms with E-state index in [1.165, 1.54) is 0 Å². The summed E-state index contributed by atoms with van der Waals surface area (Å²) in [6, 6.07) is 0. The molecule has 0 fully saturated rings. The zero-order valence-electron chi connectivity index (χ0n) is 8.84. The van der Waals surface area contributed by atoms with E-state index < -0.39 is 4.92 Å². The van der Waals surface area contributed by atoms with Crippen molar-refractivity contribution in [3.05, 3.63) is 22.5 Å². The van der Waals surface area contributed by atoms with E-state index in [0.717, 1.165) is 25.2 Å². The Kier molecular flexibility index (Phi) is 4.31. The number of rotatable bonds is 5. The van der Waals surface area contributed by atoms with Gasteiger partial charge in [0, 0.05) is 6.42 Å². The van der Waals surface area contributed by atoms with Crippen LogP contribution in [-0.2, 0) is 4.79 Å². The Morgan fingerprint density at radius 3 is 2.62 bits per heavy atom. The van der Waals surface area contributed by atoms with Crippen molar-refractivity contribution >= 4 is 17.5 Å². The number of amides is 1. The molecule has 1 N–H and O–H groups in total. The molecule has 1 aromatic heterocycles. The number of unbranched alkanes of at least 4 members (excludes halogenated alkanes) is 1. The highest BCUT2D eigenvalue weighted by molar-refractivity contribution is 5.88. The maximum absolute atomic E-state index is 11.3. The third-order valence-electron chi connectivity index (χ3n) is 1.86. The Morgan fingerprint density at radius 1 is 1.50 bits per heavy atom. The highest BCUT2D eigenvalue weighted by Gasteiger charge is 2.08. The van der Waals surface area contributed by atoms with Crippen molar-refractivity contribution in [1.82, 2.24) is 9.97 Å². The van der Waals surface area contributed by atoms with Gasteiger partial charge in [-0.15, -0.1) is 0 Å². The number of carbonyl (C=O) groups is 1. The first-order valence-electron chi connectivity index (χ1n) is 4.89. The van der Waals surface area contributed by atoms with Gasteiger partial charge in [-0.2, -0.15) is 0 Å². The van der Waals surface area contributed by atoms with Gasteiger partial charge < -0.3 is 0 Å². The van der Waals surface area contributed by atoms with Crippen LogP contribution in [0.1, 0.15) is 26.2 Å². The van der Waals surface area contributed by atoms with Crippen LogP contribution in [0.25, 0.3) is 0 Å². The Hall–Kier alpha value is -2.05. The lowest BCUT2D eigenvalue weighted by molar-refractivity contribution is -0.385. The predicted octanol–water partition coefficient (Wildman–Crippen LogP) is 1.51. The van der Waals surface area contributed by atoms with E-state index in [9.17, 15) is 14.9 Å². The molecule has 0 unspecified atom stereocenters. The van der Waals surface area contributed by atoms with Crippen LogP contribution < -0.4 is 5.32 Å². The normalized spacial score (nSPS) is 9.81. The van der Waals surface area contributed by atoms with Crippen LogP contribution in [0.2, 0.25) is 0 Å². The fraction of sp³-hybridized carbons (Fsp3) is 0.444. The Morgan fingerprint density at radius 2 is 2.12 bits per heavy atom. The molecule has 1 rings (SSSR count). The molecule has 0 radical (unpaired) electrons. The summed E-state index contributed by atoms with van der Waals surface area (Å²) >= 11 is 0. The maximum Gasteiger partial charge on any atom is 0.305 e. The van der Waals surface area contributed by atoms with Crippen LogP contribution in [0.15, 0.2) is 12.4 Å². The summed E-state index contributed by atoms with van der Waals surface area (Å²) in [6.07, 6.45) is 4.23. The molecule has 1 amide bonds. The maximum atomic E-state index is 11.3. The lowest BCUT2D eigenvalue weighted by Crippen LogP contribution is -2.13. The number of hydrogen-bond acceptors (Lipinski definition) is 5. The van der Waals surface area contributed by atoms with Gasteiger partial charge >= 0.3 is 5.69 Å².